The van der Waals surface area contributed by atoms with Crippen molar-refractivity contribution in [3.63, 3.8) is 0 Å². The predicted molar refractivity (Wildman–Crippen MR) is 81.5 cm³/mol. The highest BCUT2D eigenvalue weighted by Crippen LogP contribution is 2.16. The third kappa shape index (κ3) is 4.87. The molecule has 0 aromatic heterocycles. The summed E-state index contributed by atoms with van der Waals surface area (Å²) < 4.78 is 28.8. The Morgan fingerprint density at radius 3 is 2.60 bits per heavy atom. The van der Waals surface area contributed by atoms with Crippen LogP contribution in [0, 0.1) is 18.8 Å². The molecule has 0 radical (unpaired) electrons. The molecule has 2 N–H and O–H groups in total. The number of rotatable bonds is 5. The summed E-state index contributed by atoms with van der Waals surface area (Å²) in [5, 5.41) is -0.373. The second kappa shape index (κ2) is 7.32. The molecule has 0 bridgehead atoms. The minimum Gasteiger partial charge on any atom is -0.493 e. The molecule has 0 aliphatic heterocycles. The smallest absolute Gasteiger partial charge is 0.155 e. The van der Waals surface area contributed by atoms with Crippen LogP contribution in [0.5, 0.6) is 5.75 Å². The Morgan fingerprint density at radius 1 is 1.35 bits per heavy atom. The van der Waals surface area contributed by atoms with E-state index in [0.29, 0.717) is 12.3 Å². The fraction of sp³-hybridized carbons (Fsp3) is 0.467. The van der Waals surface area contributed by atoms with Gasteiger partial charge in [-0.15, -0.1) is 0 Å². The lowest BCUT2D eigenvalue weighted by Crippen LogP contribution is -2.22. The summed E-state index contributed by atoms with van der Waals surface area (Å²) in [6.07, 6.45) is 0. The van der Waals surface area contributed by atoms with Crippen LogP contribution in [0.4, 0.5) is 0 Å². The number of sulfone groups is 1. The highest BCUT2D eigenvalue weighted by atomic mass is 32.2. The molecule has 0 unspecified atom stereocenters. The first-order valence-corrected chi connectivity index (χ1v) is 8.22. The van der Waals surface area contributed by atoms with Crippen molar-refractivity contribution in [2.45, 2.75) is 26.0 Å². The van der Waals surface area contributed by atoms with Gasteiger partial charge in [0.25, 0.3) is 0 Å². The van der Waals surface area contributed by atoms with Crippen molar-refractivity contribution in [3.05, 3.63) is 29.3 Å². The van der Waals surface area contributed by atoms with Gasteiger partial charge in [0, 0.05) is 5.56 Å². The molecule has 5 heteroatoms. The first-order chi connectivity index (χ1) is 9.36. The van der Waals surface area contributed by atoms with Crippen molar-refractivity contribution in [2.75, 3.05) is 18.9 Å². The van der Waals surface area contributed by atoms with Gasteiger partial charge in [-0.1, -0.05) is 11.8 Å². The molecule has 20 heavy (non-hydrogen) atoms. The number of hydrogen-bond acceptors (Lipinski definition) is 4. The molecule has 0 aliphatic carbocycles. The average molecular weight is 295 g/mol. The Hall–Kier alpha value is -1.51. The van der Waals surface area contributed by atoms with Crippen LogP contribution >= 0.6 is 0 Å². The summed E-state index contributed by atoms with van der Waals surface area (Å²) in [4.78, 5) is 0. The second-order valence-corrected chi connectivity index (χ2v) is 7.42. The zero-order valence-corrected chi connectivity index (χ0v) is 13.0. The monoisotopic (exact) mass is 295 g/mol. The molecular weight excluding hydrogens is 274 g/mol. The van der Waals surface area contributed by atoms with E-state index in [1.165, 1.54) is 0 Å². The summed E-state index contributed by atoms with van der Waals surface area (Å²) in [6.45, 7) is 5.76. The molecule has 0 saturated heterocycles. The largest absolute Gasteiger partial charge is 0.493 e. The molecule has 0 heterocycles. The van der Waals surface area contributed by atoms with Crippen molar-refractivity contribution in [2.24, 2.45) is 5.73 Å². The van der Waals surface area contributed by atoms with Crippen LogP contribution in [-0.2, 0) is 9.84 Å². The van der Waals surface area contributed by atoms with Crippen molar-refractivity contribution in [3.8, 4) is 17.6 Å². The summed E-state index contributed by atoms with van der Waals surface area (Å²) in [5.41, 5.74) is 7.21. The second-order valence-electron chi connectivity index (χ2n) is 4.75. The normalized spacial score (nSPS) is 11.1. The molecule has 110 valence electrons. The number of benzene rings is 1. The van der Waals surface area contributed by atoms with E-state index in [9.17, 15) is 8.42 Å². The Labute approximate surface area is 121 Å². The Balaban J connectivity index is 2.65. The Kier molecular flexibility index (Phi) is 6.05. The van der Waals surface area contributed by atoms with Gasteiger partial charge in [0.05, 0.1) is 17.5 Å². The van der Waals surface area contributed by atoms with Gasteiger partial charge in [0.2, 0.25) is 0 Å². The van der Waals surface area contributed by atoms with Crippen molar-refractivity contribution in [1.29, 1.82) is 0 Å². The topological polar surface area (TPSA) is 69.4 Å². The quantitative estimate of drug-likeness (QED) is 0.836. The number of nitrogens with two attached hydrogens (primary N) is 1. The maximum atomic E-state index is 11.6. The van der Waals surface area contributed by atoms with Crippen LogP contribution in [0.3, 0.4) is 0 Å². The molecule has 0 spiro atoms. The van der Waals surface area contributed by atoms with E-state index >= 15 is 0 Å². The van der Waals surface area contributed by atoms with Crippen molar-refractivity contribution < 1.29 is 13.2 Å². The highest BCUT2D eigenvalue weighted by Gasteiger charge is 2.15. The zero-order valence-electron chi connectivity index (χ0n) is 12.1. The molecule has 0 amide bonds. The van der Waals surface area contributed by atoms with E-state index in [1.54, 1.807) is 19.9 Å². The fourth-order valence-electron chi connectivity index (χ4n) is 1.52. The Bertz CT molecular complexity index is 610. The van der Waals surface area contributed by atoms with Crippen LogP contribution in [0.15, 0.2) is 18.2 Å². The number of aryl methyl sites for hydroxylation is 1. The van der Waals surface area contributed by atoms with Gasteiger partial charge in [0.1, 0.15) is 12.4 Å². The van der Waals surface area contributed by atoms with Crippen molar-refractivity contribution >= 4 is 9.84 Å². The standard InChI is InChI=1S/C15H21NO3S/c1-12(2)20(17,18)10-9-19-15-7-6-14(5-4-8-16)13(3)11-15/h6-7,11-12H,8-10,16H2,1-3H3. The molecular formula is C15H21NO3S. The molecule has 4 nitrogen and oxygen atoms in total. The molecule has 0 fully saturated rings. The summed E-state index contributed by atoms with van der Waals surface area (Å²) in [7, 11) is -3.06. The van der Waals surface area contributed by atoms with Gasteiger partial charge in [-0.05, 0) is 44.5 Å². The van der Waals surface area contributed by atoms with Crippen LogP contribution in [0.25, 0.3) is 0 Å². The third-order valence-electron chi connectivity index (χ3n) is 2.88. The lowest BCUT2D eigenvalue weighted by molar-refractivity contribution is 0.340. The number of hydrogen-bond donors (Lipinski definition) is 1. The molecule has 1 aromatic carbocycles. The first kappa shape index (κ1) is 16.5. The summed E-state index contributed by atoms with van der Waals surface area (Å²) in [5.74, 6) is 6.45. The lowest BCUT2D eigenvalue weighted by Gasteiger charge is -2.10. The van der Waals surface area contributed by atoms with Gasteiger partial charge in [-0.3, -0.25) is 0 Å². The average Bonchev–Trinajstić information content (AvgIpc) is 2.37. The van der Waals surface area contributed by atoms with E-state index < -0.39 is 9.84 Å². The molecule has 1 aromatic rings. The SMILES string of the molecule is Cc1cc(OCCS(=O)(=O)C(C)C)ccc1C#CCN. The zero-order chi connectivity index (χ0) is 15.2. The van der Waals surface area contributed by atoms with Gasteiger partial charge in [0.15, 0.2) is 9.84 Å². The van der Waals surface area contributed by atoms with Gasteiger partial charge in [-0.25, -0.2) is 8.42 Å². The van der Waals surface area contributed by atoms with Crippen LogP contribution < -0.4 is 10.5 Å². The third-order valence-corrected chi connectivity index (χ3v) is 5.05. The maximum absolute atomic E-state index is 11.6. The maximum Gasteiger partial charge on any atom is 0.155 e. The van der Waals surface area contributed by atoms with Gasteiger partial charge in [-0.2, -0.15) is 0 Å². The van der Waals surface area contributed by atoms with Gasteiger partial charge < -0.3 is 10.5 Å². The van der Waals surface area contributed by atoms with Crippen molar-refractivity contribution in [1.82, 2.24) is 0 Å². The summed E-state index contributed by atoms with van der Waals surface area (Å²) >= 11 is 0. The lowest BCUT2D eigenvalue weighted by atomic mass is 10.1. The Morgan fingerprint density at radius 2 is 2.05 bits per heavy atom. The number of ether oxygens (including phenoxy) is 1. The summed E-state index contributed by atoms with van der Waals surface area (Å²) in [6, 6.07) is 5.49. The van der Waals surface area contributed by atoms with Crippen LogP contribution in [0.2, 0.25) is 0 Å². The van der Waals surface area contributed by atoms with E-state index in [1.807, 2.05) is 19.1 Å². The van der Waals surface area contributed by atoms with E-state index in [2.05, 4.69) is 11.8 Å². The first-order valence-electron chi connectivity index (χ1n) is 6.51. The predicted octanol–water partition coefficient (Wildman–Crippen LogP) is 1.51. The van der Waals surface area contributed by atoms with E-state index in [-0.39, 0.29) is 17.6 Å². The molecule has 0 aliphatic rings. The minimum atomic E-state index is -3.06. The van der Waals surface area contributed by atoms with E-state index in [0.717, 1.165) is 11.1 Å². The molecule has 1 rings (SSSR count). The molecule has 0 saturated carbocycles. The molecule has 0 atom stereocenters. The van der Waals surface area contributed by atoms with E-state index in [4.69, 9.17) is 10.5 Å². The van der Waals surface area contributed by atoms with Crippen LogP contribution in [0.1, 0.15) is 25.0 Å². The highest BCUT2D eigenvalue weighted by molar-refractivity contribution is 7.91. The fourth-order valence-corrected chi connectivity index (χ4v) is 2.31. The minimum absolute atomic E-state index is 0.0262. The van der Waals surface area contributed by atoms with Crippen LogP contribution in [-0.4, -0.2) is 32.6 Å². The van der Waals surface area contributed by atoms with Gasteiger partial charge >= 0.3 is 0 Å².